The Kier molecular flexibility index (Phi) is 2.85. The molecule has 0 amide bonds. The zero-order valence-corrected chi connectivity index (χ0v) is 8.35. The number of nitrogens with two attached hydrogens (primary N) is 1. The zero-order chi connectivity index (χ0) is 9.14. The third-order valence-electron chi connectivity index (χ3n) is 1.87. The fraction of sp³-hybridized carbons (Fsp3) is 0.222. The van der Waals surface area contributed by atoms with Crippen molar-refractivity contribution in [2.45, 2.75) is 13.5 Å². The molecule has 0 saturated carbocycles. The van der Waals surface area contributed by atoms with Gasteiger partial charge in [0.05, 0.1) is 11.6 Å². The van der Waals surface area contributed by atoms with Crippen molar-refractivity contribution in [3.05, 3.63) is 33.3 Å². The molecular formula is C9H9BrN2. The molecule has 0 spiro atoms. The van der Waals surface area contributed by atoms with Gasteiger partial charge in [-0.3, -0.25) is 0 Å². The van der Waals surface area contributed by atoms with Crippen LogP contribution in [0.5, 0.6) is 0 Å². The molecule has 0 fully saturated rings. The van der Waals surface area contributed by atoms with Gasteiger partial charge in [-0.15, -0.1) is 0 Å². The predicted molar refractivity (Wildman–Crippen MR) is 51.5 cm³/mol. The summed E-state index contributed by atoms with van der Waals surface area (Å²) in [6.07, 6.45) is 0. The topological polar surface area (TPSA) is 49.8 Å². The Labute approximate surface area is 80.1 Å². The Balaban J connectivity index is 3.36. The molecular weight excluding hydrogens is 216 g/mol. The van der Waals surface area contributed by atoms with Gasteiger partial charge >= 0.3 is 0 Å². The first-order valence-electron chi connectivity index (χ1n) is 3.59. The van der Waals surface area contributed by atoms with E-state index >= 15 is 0 Å². The lowest BCUT2D eigenvalue weighted by Crippen LogP contribution is -2.01. The van der Waals surface area contributed by atoms with Crippen molar-refractivity contribution >= 4 is 15.9 Å². The Hall–Kier alpha value is -0.850. The van der Waals surface area contributed by atoms with Crippen LogP contribution in [0.3, 0.4) is 0 Å². The van der Waals surface area contributed by atoms with Gasteiger partial charge in [0, 0.05) is 11.0 Å². The van der Waals surface area contributed by atoms with E-state index in [4.69, 9.17) is 11.0 Å². The fourth-order valence-corrected chi connectivity index (χ4v) is 1.69. The lowest BCUT2D eigenvalue weighted by atomic mass is 10.0. The van der Waals surface area contributed by atoms with Crippen molar-refractivity contribution in [3.63, 3.8) is 0 Å². The van der Waals surface area contributed by atoms with E-state index in [2.05, 4.69) is 22.0 Å². The standard InChI is InChI=1S/C9H9BrN2/c1-6-7(4-11)2-3-9(10)8(6)5-12/h2-3H,5,12H2,1H3. The van der Waals surface area contributed by atoms with Gasteiger partial charge in [0.1, 0.15) is 0 Å². The predicted octanol–water partition coefficient (Wildman–Crippen LogP) is 2.09. The van der Waals surface area contributed by atoms with Crippen molar-refractivity contribution in [2.24, 2.45) is 5.73 Å². The summed E-state index contributed by atoms with van der Waals surface area (Å²) in [7, 11) is 0. The lowest BCUT2D eigenvalue weighted by molar-refractivity contribution is 1.04. The van der Waals surface area contributed by atoms with Gasteiger partial charge in [-0.2, -0.15) is 5.26 Å². The molecule has 0 aliphatic rings. The second-order valence-electron chi connectivity index (χ2n) is 2.51. The summed E-state index contributed by atoms with van der Waals surface area (Å²) < 4.78 is 0.974. The van der Waals surface area contributed by atoms with Crippen LogP contribution in [0.4, 0.5) is 0 Å². The highest BCUT2D eigenvalue weighted by molar-refractivity contribution is 9.10. The maximum Gasteiger partial charge on any atom is 0.0994 e. The Bertz CT molecular complexity index is 339. The molecule has 2 nitrogen and oxygen atoms in total. The minimum Gasteiger partial charge on any atom is -0.326 e. The van der Waals surface area contributed by atoms with Gasteiger partial charge in [0.25, 0.3) is 0 Å². The van der Waals surface area contributed by atoms with Crippen LogP contribution in [-0.2, 0) is 6.54 Å². The first kappa shape index (κ1) is 9.24. The second kappa shape index (κ2) is 3.70. The van der Waals surface area contributed by atoms with E-state index in [1.54, 1.807) is 6.07 Å². The molecule has 0 saturated heterocycles. The largest absolute Gasteiger partial charge is 0.326 e. The normalized spacial score (nSPS) is 9.50. The molecule has 1 aromatic carbocycles. The zero-order valence-electron chi connectivity index (χ0n) is 6.76. The molecule has 0 heterocycles. The minimum atomic E-state index is 0.460. The molecule has 0 atom stereocenters. The van der Waals surface area contributed by atoms with Crippen LogP contribution in [0.15, 0.2) is 16.6 Å². The first-order valence-corrected chi connectivity index (χ1v) is 4.38. The summed E-state index contributed by atoms with van der Waals surface area (Å²) in [5, 5.41) is 8.72. The van der Waals surface area contributed by atoms with Crippen LogP contribution in [0.1, 0.15) is 16.7 Å². The third-order valence-corrected chi connectivity index (χ3v) is 2.61. The molecule has 0 unspecified atom stereocenters. The number of nitriles is 1. The molecule has 1 aromatic rings. The van der Waals surface area contributed by atoms with E-state index in [9.17, 15) is 0 Å². The molecule has 0 bridgehead atoms. The van der Waals surface area contributed by atoms with E-state index in [-0.39, 0.29) is 0 Å². The summed E-state index contributed by atoms with van der Waals surface area (Å²) in [5.41, 5.74) is 8.20. The fourth-order valence-electron chi connectivity index (χ4n) is 1.10. The molecule has 1 rings (SSSR count). The van der Waals surface area contributed by atoms with Crippen molar-refractivity contribution in [3.8, 4) is 6.07 Å². The smallest absolute Gasteiger partial charge is 0.0994 e. The molecule has 0 radical (unpaired) electrons. The van der Waals surface area contributed by atoms with Crippen LogP contribution in [-0.4, -0.2) is 0 Å². The summed E-state index contributed by atoms with van der Waals surface area (Å²) in [5.74, 6) is 0. The van der Waals surface area contributed by atoms with Crippen molar-refractivity contribution in [1.29, 1.82) is 5.26 Å². The quantitative estimate of drug-likeness (QED) is 0.795. The van der Waals surface area contributed by atoms with Gasteiger partial charge in [-0.05, 0) is 30.2 Å². The van der Waals surface area contributed by atoms with Crippen molar-refractivity contribution in [2.75, 3.05) is 0 Å². The average Bonchev–Trinajstić information content (AvgIpc) is 2.06. The third kappa shape index (κ3) is 1.50. The molecule has 3 heteroatoms. The van der Waals surface area contributed by atoms with Gasteiger partial charge in [-0.1, -0.05) is 15.9 Å². The van der Waals surface area contributed by atoms with Crippen LogP contribution >= 0.6 is 15.9 Å². The Morgan fingerprint density at radius 2 is 2.25 bits per heavy atom. The highest BCUT2D eigenvalue weighted by Gasteiger charge is 2.05. The Morgan fingerprint density at radius 1 is 1.58 bits per heavy atom. The van der Waals surface area contributed by atoms with Crippen LogP contribution in [0, 0.1) is 18.3 Å². The average molecular weight is 225 g/mol. The van der Waals surface area contributed by atoms with Crippen LogP contribution in [0.2, 0.25) is 0 Å². The maximum atomic E-state index is 8.72. The maximum absolute atomic E-state index is 8.72. The van der Waals surface area contributed by atoms with E-state index in [0.29, 0.717) is 12.1 Å². The van der Waals surface area contributed by atoms with Gasteiger partial charge < -0.3 is 5.73 Å². The molecule has 0 aliphatic heterocycles. The second-order valence-corrected chi connectivity index (χ2v) is 3.37. The molecule has 2 N–H and O–H groups in total. The number of halogens is 1. The number of hydrogen-bond donors (Lipinski definition) is 1. The molecule has 0 aromatic heterocycles. The first-order chi connectivity index (χ1) is 5.70. The number of hydrogen-bond acceptors (Lipinski definition) is 2. The number of rotatable bonds is 1. The van der Waals surface area contributed by atoms with E-state index in [0.717, 1.165) is 15.6 Å². The summed E-state index contributed by atoms with van der Waals surface area (Å²) in [4.78, 5) is 0. The van der Waals surface area contributed by atoms with Crippen LogP contribution < -0.4 is 5.73 Å². The molecule has 12 heavy (non-hydrogen) atoms. The molecule has 62 valence electrons. The van der Waals surface area contributed by atoms with Crippen molar-refractivity contribution < 1.29 is 0 Å². The monoisotopic (exact) mass is 224 g/mol. The lowest BCUT2D eigenvalue weighted by Gasteiger charge is -2.06. The van der Waals surface area contributed by atoms with Gasteiger partial charge in [0.2, 0.25) is 0 Å². The van der Waals surface area contributed by atoms with Crippen LogP contribution in [0.25, 0.3) is 0 Å². The SMILES string of the molecule is Cc1c(C#N)ccc(Br)c1CN. The summed E-state index contributed by atoms with van der Waals surface area (Å²) in [6, 6.07) is 5.77. The van der Waals surface area contributed by atoms with E-state index < -0.39 is 0 Å². The summed E-state index contributed by atoms with van der Waals surface area (Å²) in [6.45, 7) is 2.37. The summed E-state index contributed by atoms with van der Waals surface area (Å²) >= 11 is 3.38. The van der Waals surface area contributed by atoms with Gasteiger partial charge in [0.15, 0.2) is 0 Å². The highest BCUT2D eigenvalue weighted by Crippen LogP contribution is 2.22. The minimum absolute atomic E-state index is 0.460. The highest BCUT2D eigenvalue weighted by atomic mass is 79.9. The van der Waals surface area contributed by atoms with E-state index in [1.165, 1.54) is 0 Å². The number of nitrogens with zero attached hydrogens (tertiary/aromatic N) is 1. The van der Waals surface area contributed by atoms with E-state index in [1.807, 2.05) is 13.0 Å². The Morgan fingerprint density at radius 3 is 2.75 bits per heavy atom. The molecule has 0 aliphatic carbocycles. The van der Waals surface area contributed by atoms with Crippen molar-refractivity contribution in [1.82, 2.24) is 0 Å². The van der Waals surface area contributed by atoms with Gasteiger partial charge in [-0.25, -0.2) is 0 Å². The number of benzene rings is 1.